The van der Waals surface area contributed by atoms with Gasteiger partial charge in [0.25, 0.3) is 0 Å². The van der Waals surface area contributed by atoms with Gasteiger partial charge in [-0.15, -0.1) is 0 Å². The maximum Gasteiger partial charge on any atom is 0.140 e. The number of fused-ring (bicyclic) bond motifs is 1. The van der Waals surface area contributed by atoms with Gasteiger partial charge in [0.05, 0.1) is 5.69 Å². The van der Waals surface area contributed by atoms with Crippen molar-refractivity contribution in [3.8, 4) is 0 Å². The number of hydrogen-bond acceptors (Lipinski definition) is 3. The molecule has 0 aromatic heterocycles. The summed E-state index contributed by atoms with van der Waals surface area (Å²) in [6.07, 6.45) is 0. The molecule has 0 saturated carbocycles. The van der Waals surface area contributed by atoms with E-state index in [1.165, 1.54) is 0 Å². The van der Waals surface area contributed by atoms with Crippen LogP contribution in [-0.4, -0.2) is 25.8 Å². The molecule has 0 radical (unpaired) electrons. The van der Waals surface area contributed by atoms with E-state index in [0.29, 0.717) is 5.84 Å². The van der Waals surface area contributed by atoms with Crippen molar-refractivity contribution in [2.45, 2.75) is 0 Å². The molecule has 1 heterocycles. The molecule has 2 aromatic carbocycles. The summed E-state index contributed by atoms with van der Waals surface area (Å²) >= 11 is 0. The van der Waals surface area contributed by atoms with Gasteiger partial charge in [-0.2, -0.15) is 0 Å². The van der Waals surface area contributed by atoms with E-state index in [4.69, 9.17) is 5.41 Å². The van der Waals surface area contributed by atoms with Gasteiger partial charge in [-0.25, -0.2) is 4.99 Å². The summed E-state index contributed by atoms with van der Waals surface area (Å²) < 4.78 is 0. The Hall–Kier alpha value is -2.62. The fourth-order valence-corrected chi connectivity index (χ4v) is 2.20. The molecule has 4 heteroatoms. The summed E-state index contributed by atoms with van der Waals surface area (Å²) in [7, 11) is 4.02. The van der Waals surface area contributed by atoms with Gasteiger partial charge < -0.3 is 10.2 Å². The van der Waals surface area contributed by atoms with E-state index < -0.39 is 0 Å². The molecule has 0 aliphatic carbocycles. The number of aliphatic imine (C=N–C) groups is 1. The van der Waals surface area contributed by atoms with Gasteiger partial charge in [-0.3, -0.25) is 5.41 Å². The first kappa shape index (κ1) is 12.4. The molecule has 0 amide bonds. The van der Waals surface area contributed by atoms with E-state index in [-0.39, 0.29) is 0 Å². The quantitative estimate of drug-likeness (QED) is 0.876. The van der Waals surface area contributed by atoms with Gasteiger partial charge in [-0.1, -0.05) is 24.3 Å². The van der Waals surface area contributed by atoms with Gasteiger partial charge in [0.1, 0.15) is 11.7 Å². The number of rotatable bonds is 2. The second-order valence-corrected chi connectivity index (χ2v) is 4.92. The lowest BCUT2D eigenvalue weighted by Crippen LogP contribution is -2.21. The summed E-state index contributed by atoms with van der Waals surface area (Å²) in [6.45, 7) is 0. The zero-order valence-electron chi connectivity index (χ0n) is 11.5. The largest absolute Gasteiger partial charge is 0.378 e. The maximum absolute atomic E-state index is 7.92. The van der Waals surface area contributed by atoms with Gasteiger partial charge in [0.15, 0.2) is 0 Å². The second kappa shape index (κ2) is 4.81. The fraction of sp³-hybridized carbons (Fsp3) is 0.125. The molecule has 1 aliphatic heterocycles. The molecule has 2 aromatic rings. The van der Waals surface area contributed by atoms with Crippen molar-refractivity contribution in [3.05, 3.63) is 59.7 Å². The molecule has 4 nitrogen and oxygen atoms in total. The van der Waals surface area contributed by atoms with Crippen molar-refractivity contribution >= 4 is 23.0 Å². The summed E-state index contributed by atoms with van der Waals surface area (Å²) in [5.41, 5.74) is 3.90. The molecule has 100 valence electrons. The number of nitrogens with one attached hydrogen (secondary N) is 2. The standard InChI is InChI=1S/C16H16N4/c1-20(2)12-9-7-11(8-10-12)18-16-14-6-4-3-5-13(14)15(17)19-16/h3-10H,1-2H3,(H2,17,18,19). The lowest BCUT2D eigenvalue weighted by molar-refractivity contribution is 1.13. The number of benzene rings is 2. The van der Waals surface area contributed by atoms with E-state index in [2.05, 4.69) is 15.2 Å². The first-order valence-electron chi connectivity index (χ1n) is 6.46. The number of hydrogen-bond donors (Lipinski definition) is 2. The molecule has 0 fully saturated rings. The highest BCUT2D eigenvalue weighted by Gasteiger charge is 2.21. The average Bonchev–Trinajstić information content (AvgIpc) is 2.77. The minimum atomic E-state index is 0.407. The number of nitrogens with zero attached hydrogens (tertiary/aromatic N) is 2. The first-order chi connectivity index (χ1) is 9.65. The van der Waals surface area contributed by atoms with Crippen LogP contribution in [0.3, 0.4) is 0 Å². The summed E-state index contributed by atoms with van der Waals surface area (Å²) in [5, 5.41) is 10.9. The van der Waals surface area contributed by atoms with E-state index in [1.54, 1.807) is 0 Å². The molecule has 0 unspecified atom stereocenters. The highest BCUT2D eigenvalue weighted by molar-refractivity contribution is 6.24. The van der Waals surface area contributed by atoms with Crippen LogP contribution in [0, 0.1) is 5.41 Å². The van der Waals surface area contributed by atoms with Crippen LogP contribution in [-0.2, 0) is 0 Å². The lowest BCUT2D eigenvalue weighted by atomic mass is 10.1. The van der Waals surface area contributed by atoms with Crippen molar-refractivity contribution in [3.63, 3.8) is 0 Å². The van der Waals surface area contributed by atoms with Gasteiger partial charge >= 0.3 is 0 Å². The molecule has 2 N–H and O–H groups in total. The van der Waals surface area contributed by atoms with Crippen LogP contribution in [0.4, 0.5) is 11.4 Å². The minimum absolute atomic E-state index is 0.407. The average molecular weight is 264 g/mol. The van der Waals surface area contributed by atoms with E-state index in [0.717, 1.165) is 28.3 Å². The highest BCUT2D eigenvalue weighted by Crippen LogP contribution is 2.21. The van der Waals surface area contributed by atoms with Crippen molar-refractivity contribution in [2.75, 3.05) is 19.0 Å². The Balaban J connectivity index is 1.96. The zero-order chi connectivity index (χ0) is 14.1. The monoisotopic (exact) mass is 264 g/mol. The van der Waals surface area contributed by atoms with Crippen molar-refractivity contribution in [1.29, 1.82) is 5.41 Å². The third-order valence-electron chi connectivity index (χ3n) is 3.30. The molecular weight excluding hydrogens is 248 g/mol. The third-order valence-corrected chi connectivity index (χ3v) is 3.30. The van der Waals surface area contributed by atoms with E-state index in [1.807, 2.05) is 62.6 Å². The SMILES string of the molecule is CN(C)c1ccc(N=C2NC(=N)c3ccccc32)cc1. The van der Waals surface area contributed by atoms with Gasteiger partial charge in [-0.05, 0) is 24.3 Å². The Morgan fingerprint density at radius 2 is 1.60 bits per heavy atom. The molecule has 0 spiro atoms. The Kier molecular flexibility index (Phi) is 2.99. The molecule has 0 atom stereocenters. The molecular formula is C16H16N4. The molecule has 3 rings (SSSR count). The van der Waals surface area contributed by atoms with Crippen LogP contribution in [0.1, 0.15) is 11.1 Å². The predicted molar refractivity (Wildman–Crippen MR) is 83.4 cm³/mol. The zero-order valence-corrected chi connectivity index (χ0v) is 11.5. The Morgan fingerprint density at radius 1 is 0.950 bits per heavy atom. The lowest BCUT2D eigenvalue weighted by Gasteiger charge is -2.11. The van der Waals surface area contributed by atoms with Crippen LogP contribution in [0.5, 0.6) is 0 Å². The minimum Gasteiger partial charge on any atom is -0.378 e. The Morgan fingerprint density at radius 3 is 2.25 bits per heavy atom. The van der Waals surface area contributed by atoms with Crippen LogP contribution in [0.15, 0.2) is 53.5 Å². The predicted octanol–water partition coefficient (Wildman–Crippen LogP) is 2.76. The van der Waals surface area contributed by atoms with Crippen LogP contribution >= 0.6 is 0 Å². The molecule has 0 saturated heterocycles. The van der Waals surface area contributed by atoms with Crippen molar-refractivity contribution in [2.24, 2.45) is 4.99 Å². The van der Waals surface area contributed by atoms with Crippen LogP contribution < -0.4 is 10.2 Å². The normalized spacial score (nSPS) is 15.1. The first-order valence-corrected chi connectivity index (χ1v) is 6.46. The highest BCUT2D eigenvalue weighted by atomic mass is 15.1. The summed E-state index contributed by atoms with van der Waals surface area (Å²) in [6, 6.07) is 15.8. The van der Waals surface area contributed by atoms with E-state index >= 15 is 0 Å². The van der Waals surface area contributed by atoms with Gasteiger partial charge in [0.2, 0.25) is 0 Å². The molecule has 0 bridgehead atoms. The van der Waals surface area contributed by atoms with Crippen molar-refractivity contribution < 1.29 is 0 Å². The van der Waals surface area contributed by atoms with Crippen molar-refractivity contribution in [1.82, 2.24) is 5.32 Å². The fourth-order valence-electron chi connectivity index (χ4n) is 2.20. The third kappa shape index (κ3) is 2.16. The number of amidine groups is 2. The molecule has 20 heavy (non-hydrogen) atoms. The Bertz CT molecular complexity index is 684. The summed E-state index contributed by atoms with van der Waals surface area (Å²) in [5.74, 6) is 1.15. The van der Waals surface area contributed by atoms with Gasteiger partial charge in [0, 0.05) is 30.9 Å². The van der Waals surface area contributed by atoms with E-state index in [9.17, 15) is 0 Å². The Labute approximate surface area is 118 Å². The topological polar surface area (TPSA) is 51.5 Å². The van der Waals surface area contributed by atoms with Crippen LogP contribution in [0.2, 0.25) is 0 Å². The number of anilines is 1. The second-order valence-electron chi connectivity index (χ2n) is 4.92. The maximum atomic E-state index is 7.92. The van der Waals surface area contributed by atoms with Crippen LogP contribution in [0.25, 0.3) is 0 Å². The molecule has 1 aliphatic rings. The summed E-state index contributed by atoms with van der Waals surface area (Å²) in [4.78, 5) is 6.65. The smallest absolute Gasteiger partial charge is 0.140 e.